The Bertz CT molecular complexity index is 1380. The number of carbonyl (C=O) groups is 3. The van der Waals surface area contributed by atoms with Crippen LogP contribution in [0.2, 0.25) is 0 Å². The predicted molar refractivity (Wildman–Crippen MR) is 128 cm³/mol. The Morgan fingerprint density at radius 3 is 2.26 bits per heavy atom. The Hall–Kier alpha value is -4.69. The van der Waals surface area contributed by atoms with Crippen molar-refractivity contribution in [2.75, 3.05) is 16.4 Å². The number of rotatable bonds is 7. The van der Waals surface area contributed by atoms with E-state index in [0.717, 1.165) is 24.4 Å². The number of amides is 3. The lowest BCUT2D eigenvalue weighted by molar-refractivity contribution is -0.274. The summed E-state index contributed by atoms with van der Waals surface area (Å²) in [6.07, 6.45) is -4.09. The number of anilines is 3. The number of halogens is 4. The molecule has 0 radical (unpaired) electrons. The first-order valence-electron chi connectivity index (χ1n) is 10.9. The van der Waals surface area contributed by atoms with Gasteiger partial charge >= 0.3 is 6.36 Å². The number of nitrogen functional groups attached to an aromatic ring is 1. The molecule has 3 aromatic rings. The molecule has 11 nitrogen and oxygen atoms in total. The molecule has 0 saturated heterocycles. The largest absolute Gasteiger partial charge is 0.573 e. The van der Waals surface area contributed by atoms with E-state index in [1.807, 2.05) is 0 Å². The molecule has 6 N–H and O–H groups in total. The minimum absolute atomic E-state index is 0.00131. The topological polar surface area (TPSA) is 167 Å². The van der Waals surface area contributed by atoms with Crippen LogP contribution in [0.4, 0.5) is 34.8 Å². The third-order valence-corrected chi connectivity index (χ3v) is 4.91. The van der Waals surface area contributed by atoms with Crippen LogP contribution in [0.25, 0.3) is 0 Å². The van der Waals surface area contributed by atoms with Crippen LogP contribution in [0.1, 0.15) is 47.2 Å². The zero-order chi connectivity index (χ0) is 28.4. The first-order valence-corrected chi connectivity index (χ1v) is 10.9. The molecule has 15 heteroatoms. The molecule has 0 spiro atoms. The molecular formula is C23H23F4N7O4. The SMILES string of the molecule is CC(C)(C)n1nc(C(=O)Nc2cc(NC(=O)Cc3ccc(OC(F)(F)F)cc3)cnc2F)c(C(N)=O)c1N. The molecule has 0 aliphatic carbocycles. The summed E-state index contributed by atoms with van der Waals surface area (Å²) >= 11 is 0. The van der Waals surface area contributed by atoms with Gasteiger partial charge in [0, 0.05) is 0 Å². The van der Waals surface area contributed by atoms with E-state index < -0.39 is 52.7 Å². The standard InChI is InChI=1S/C23H23F4N7O4/c1-22(2,3)34-19(28)16(20(29)36)17(33-34)21(37)32-14-9-12(10-30-18(14)24)31-15(35)8-11-4-6-13(7-5-11)38-23(25,26)27/h4-7,9-10H,8,28H2,1-3H3,(H2,29,36)(H,31,35)(H,32,37). The van der Waals surface area contributed by atoms with E-state index in [1.54, 1.807) is 20.8 Å². The summed E-state index contributed by atoms with van der Waals surface area (Å²) in [5.41, 5.74) is 9.76. The summed E-state index contributed by atoms with van der Waals surface area (Å²) in [4.78, 5) is 40.7. The summed E-state index contributed by atoms with van der Waals surface area (Å²) in [7, 11) is 0. The molecule has 2 aromatic heterocycles. The molecule has 1 aromatic carbocycles. The summed E-state index contributed by atoms with van der Waals surface area (Å²) in [5, 5.41) is 8.74. The van der Waals surface area contributed by atoms with E-state index in [-0.39, 0.29) is 23.5 Å². The molecule has 2 heterocycles. The molecule has 202 valence electrons. The maximum atomic E-state index is 14.3. The highest BCUT2D eigenvalue weighted by molar-refractivity contribution is 6.13. The van der Waals surface area contributed by atoms with E-state index >= 15 is 0 Å². The van der Waals surface area contributed by atoms with Crippen molar-refractivity contribution in [1.82, 2.24) is 14.8 Å². The lowest BCUT2D eigenvalue weighted by Crippen LogP contribution is -2.25. The zero-order valence-corrected chi connectivity index (χ0v) is 20.3. The number of aromatic nitrogens is 3. The number of hydrogen-bond acceptors (Lipinski definition) is 7. The molecule has 0 atom stereocenters. The molecule has 0 aliphatic heterocycles. The summed E-state index contributed by atoms with van der Waals surface area (Å²) in [6, 6.07) is 5.73. The van der Waals surface area contributed by atoms with Crippen molar-refractivity contribution in [2.45, 2.75) is 39.1 Å². The van der Waals surface area contributed by atoms with Gasteiger partial charge in [-0.2, -0.15) is 9.49 Å². The third-order valence-electron chi connectivity index (χ3n) is 4.91. The van der Waals surface area contributed by atoms with Crippen LogP contribution >= 0.6 is 0 Å². The first kappa shape index (κ1) is 27.9. The fourth-order valence-corrected chi connectivity index (χ4v) is 3.33. The van der Waals surface area contributed by atoms with E-state index in [4.69, 9.17) is 11.5 Å². The second kappa shape index (κ2) is 10.4. The van der Waals surface area contributed by atoms with E-state index in [2.05, 4.69) is 25.5 Å². The van der Waals surface area contributed by atoms with E-state index in [9.17, 15) is 31.9 Å². The predicted octanol–water partition coefficient (Wildman–Crippen LogP) is 3.19. The van der Waals surface area contributed by atoms with Gasteiger partial charge in [-0.1, -0.05) is 12.1 Å². The van der Waals surface area contributed by atoms with Gasteiger partial charge in [-0.25, -0.2) is 9.67 Å². The van der Waals surface area contributed by atoms with Gasteiger partial charge in [-0.15, -0.1) is 13.2 Å². The maximum Gasteiger partial charge on any atom is 0.573 e. The lowest BCUT2D eigenvalue weighted by atomic mass is 10.1. The minimum Gasteiger partial charge on any atom is -0.406 e. The average molecular weight is 537 g/mol. The van der Waals surface area contributed by atoms with Crippen LogP contribution in [0.5, 0.6) is 5.75 Å². The van der Waals surface area contributed by atoms with Crippen molar-refractivity contribution in [2.24, 2.45) is 5.73 Å². The number of nitrogens with two attached hydrogens (primary N) is 2. The Morgan fingerprint density at radius 2 is 1.71 bits per heavy atom. The Labute approximate surface area is 213 Å². The maximum absolute atomic E-state index is 14.3. The highest BCUT2D eigenvalue weighted by Gasteiger charge is 2.31. The van der Waals surface area contributed by atoms with Gasteiger partial charge < -0.3 is 26.8 Å². The zero-order valence-electron chi connectivity index (χ0n) is 20.3. The quantitative estimate of drug-likeness (QED) is 0.265. The summed E-state index contributed by atoms with van der Waals surface area (Å²) < 4.78 is 56.2. The monoisotopic (exact) mass is 537 g/mol. The Kier molecular flexibility index (Phi) is 7.60. The number of pyridine rings is 1. The smallest absolute Gasteiger partial charge is 0.406 e. The van der Waals surface area contributed by atoms with Crippen LogP contribution in [0.3, 0.4) is 0 Å². The number of benzene rings is 1. The fourth-order valence-electron chi connectivity index (χ4n) is 3.33. The first-order chi connectivity index (χ1) is 17.5. The highest BCUT2D eigenvalue weighted by atomic mass is 19.4. The number of carbonyl (C=O) groups excluding carboxylic acids is 3. The average Bonchev–Trinajstić information content (AvgIpc) is 3.14. The van der Waals surface area contributed by atoms with Gasteiger partial charge in [0.25, 0.3) is 11.8 Å². The molecule has 38 heavy (non-hydrogen) atoms. The normalized spacial score (nSPS) is 11.7. The minimum atomic E-state index is -4.84. The van der Waals surface area contributed by atoms with Crippen LogP contribution in [0, 0.1) is 5.95 Å². The van der Waals surface area contributed by atoms with Crippen LogP contribution in [-0.2, 0) is 16.8 Å². The molecule has 0 bridgehead atoms. The van der Waals surface area contributed by atoms with Crippen LogP contribution < -0.4 is 26.8 Å². The van der Waals surface area contributed by atoms with Crippen molar-refractivity contribution in [1.29, 1.82) is 0 Å². The number of nitrogens with one attached hydrogen (secondary N) is 2. The Morgan fingerprint density at radius 1 is 1.08 bits per heavy atom. The number of primary amides is 1. The van der Waals surface area contributed by atoms with E-state index in [0.29, 0.717) is 5.56 Å². The van der Waals surface area contributed by atoms with Gasteiger partial charge in [0.15, 0.2) is 5.69 Å². The molecule has 3 amide bonds. The number of nitrogens with zero attached hydrogens (tertiary/aromatic N) is 3. The molecule has 0 unspecified atom stereocenters. The summed E-state index contributed by atoms with van der Waals surface area (Å²) in [6.45, 7) is 5.18. The van der Waals surface area contributed by atoms with E-state index in [1.165, 1.54) is 16.8 Å². The number of ether oxygens (including phenoxy) is 1. The third kappa shape index (κ3) is 6.74. The van der Waals surface area contributed by atoms with Crippen molar-refractivity contribution >= 4 is 34.9 Å². The molecule has 0 aliphatic rings. The van der Waals surface area contributed by atoms with Crippen LogP contribution in [0.15, 0.2) is 36.5 Å². The molecule has 0 fully saturated rings. The van der Waals surface area contributed by atoms with Gasteiger partial charge in [0.05, 0.1) is 29.5 Å². The summed E-state index contributed by atoms with van der Waals surface area (Å²) in [5.74, 6) is -4.31. The molecule has 0 saturated carbocycles. The van der Waals surface area contributed by atoms with Gasteiger partial charge in [0.1, 0.15) is 17.1 Å². The number of alkyl halides is 3. The molecule has 3 rings (SSSR count). The second-order valence-corrected chi connectivity index (χ2v) is 8.99. The van der Waals surface area contributed by atoms with Crippen molar-refractivity contribution in [3.63, 3.8) is 0 Å². The van der Waals surface area contributed by atoms with Gasteiger partial charge in [-0.3, -0.25) is 14.4 Å². The fraction of sp³-hybridized carbons (Fsp3) is 0.261. The van der Waals surface area contributed by atoms with Gasteiger partial charge in [0.2, 0.25) is 11.9 Å². The van der Waals surface area contributed by atoms with Crippen LogP contribution in [-0.4, -0.2) is 38.8 Å². The number of hydrogen-bond donors (Lipinski definition) is 4. The van der Waals surface area contributed by atoms with Crippen molar-refractivity contribution in [3.8, 4) is 5.75 Å². The Balaban J connectivity index is 1.75. The highest BCUT2D eigenvalue weighted by Crippen LogP contribution is 2.26. The van der Waals surface area contributed by atoms with Crippen molar-refractivity contribution < 1.29 is 36.7 Å². The van der Waals surface area contributed by atoms with Gasteiger partial charge in [-0.05, 0) is 44.5 Å². The second-order valence-electron chi connectivity index (χ2n) is 8.99. The van der Waals surface area contributed by atoms with Crippen molar-refractivity contribution in [3.05, 3.63) is 59.3 Å². The molecular weight excluding hydrogens is 514 g/mol. The lowest BCUT2D eigenvalue weighted by Gasteiger charge is -2.20.